The number of halogens is 3. The van der Waals surface area contributed by atoms with Crippen LogP contribution in [0, 0.1) is 11.6 Å². The standard InChI is InChI=1S/C14H11BrF2N2O/c15-13-10(2-1-6-18-13)14(20)19-7-5-9-3-4-11(16)12(17)8-9/h1-4,6,8H,5,7H2,(H,19,20). The van der Waals surface area contributed by atoms with E-state index in [1.165, 1.54) is 6.07 Å². The summed E-state index contributed by atoms with van der Waals surface area (Å²) in [7, 11) is 0. The summed E-state index contributed by atoms with van der Waals surface area (Å²) >= 11 is 3.19. The Morgan fingerprint density at radius 1 is 1.25 bits per heavy atom. The average Bonchev–Trinajstić information content (AvgIpc) is 2.43. The fraction of sp³-hybridized carbons (Fsp3) is 0.143. The molecule has 0 aliphatic rings. The van der Waals surface area contributed by atoms with Gasteiger partial charge in [0.15, 0.2) is 11.6 Å². The van der Waals surface area contributed by atoms with Gasteiger partial charge in [-0.25, -0.2) is 13.8 Å². The van der Waals surface area contributed by atoms with E-state index < -0.39 is 11.6 Å². The first-order valence-electron chi connectivity index (χ1n) is 5.90. The second kappa shape index (κ2) is 6.56. The van der Waals surface area contributed by atoms with Crippen LogP contribution in [0.5, 0.6) is 0 Å². The molecule has 2 rings (SSSR count). The predicted octanol–water partition coefficient (Wildman–Crippen LogP) is 3.09. The molecule has 0 saturated carbocycles. The number of pyridine rings is 1. The lowest BCUT2D eigenvalue weighted by molar-refractivity contribution is 0.0953. The number of nitrogens with one attached hydrogen (secondary N) is 1. The molecule has 104 valence electrons. The minimum Gasteiger partial charge on any atom is -0.352 e. The average molecular weight is 341 g/mol. The van der Waals surface area contributed by atoms with Crippen LogP contribution in [0.25, 0.3) is 0 Å². The minimum atomic E-state index is -0.885. The molecule has 1 aromatic carbocycles. The summed E-state index contributed by atoms with van der Waals surface area (Å²) in [4.78, 5) is 15.8. The van der Waals surface area contributed by atoms with E-state index in [0.717, 1.165) is 12.1 Å². The predicted molar refractivity (Wildman–Crippen MR) is 74.3 cm³/mol. The van der Waals surface area contributed by atoms with Gasteiger partial charge in [0.25, 0.3) is 5.91 Å². The normalized spacial score (nSPS) is 10.3. The molecular formula is C14H11BrF2N2O. The molecule has 0 spiro atoms. The third-order valence-electron chi connectivity index (χ3n) is 2.69. The number of benzene rings is 1. The van der Waals surface area contributed by atoms with Crippen molar-refractivity contribution < 1.29 is 13.6 Å². The summed E-state index contributed by atoms with van der Waals surface area (Å²) in [6.45, 7) is 0.325. The molecule has 1 aromatic heterocycles. The summed E-state index contributed by atoms with van der Waals surface area (Å²) in [6.07, 6.45) is 1.99. The van der Waals surface area contributed by atoms with Crippen LogP contribution in [0.2, 0.25) is 0 Å². The van der Waals surface area contributed by atoms with Crippen molar-refractivity contribution in [1.29, 1.82) is 0 Å². The Balaban J connectivity index is 1.91. The molecule has 0 bridgehead atoms. The van der Waals surface area contributed by atoms with Gasteiger partial charge in [0.05, 0.1) is 5.56 Å². The maximum absolute atomic E-state index is 13.0. The molecule has 1 heterocycles. The van der Waals surface area contributed by atoms with E-state index in [0.29, 0.717) is 28.7 Å². The molecule has 1 amide bonds. The number of nitrogens with zero attached hydrogens (tertiary/aromatic N) is 1. The SMILES string of the molecule is O=C(NCCc1ccc(F)c(F)c1)c1cccnc1Br. The van der Waals surface area contributed by atoms with Crippen LogP contribution in [-0.4, -0.2) is 17.4 Å². The maximum Gasteiger partial charge on any atom is 0.254 e. The van der Waals surface area contributed by atoms with Crippen molar-refractivity contribution >= 4 is 21.8 Å². The van der Waals surface area contributed by atoms with Crippen LogP contribution in [-0.2, 0) is 6.42 Å². The molecule has 20 heavy (non-hydrogen) atoms. The quantitative estimate of drug-likeness (QED) is 0.869. The van der Waals surface area contributed by atoms with Crippen molar-refractivity contribution in [3.63, 3.8) is 0 Å². The van der Waals surface area contributed by atoms with Crippen molar-refractivity contribution in [2.75, 3.05) is 6.54 Å². The highest BCUT2D eigenvalue weighted by Gasteiger charge is 2.09. The molecule has 0 aliphatic carbocycles. The molecule has 1 N–H and O–H groups in total. The van der Waals surface area contributed by atoms with Crippen molar-refractivity contribution in [2.24, 2.45) is 0 Å². The molecule has 0 atom stereocenters. The fourth-order valence-corrected chi connectivity index (χ4v) is 2.10. The molecule has 0 radical (unpaired) electrons. The number of amides is 1. The van der Waals surface area contributed by atoms with E-state index in [-0.39, 0.29) is 5.91 Å². The van der Waals surface area contributed by atoms with Crippen LogP contribution in [0.1, 0.15) is 15.9 Å². The monoisotopic (exact) mass is 340 g/mol. The Kier molecular flexibility index (Phi) is 4.79. The van der Waals surface area contributed by atoms with Crippen LogP contribution in [0.3, 0.4) is 0 Å². The zero-order valence-corrected chi connectivity index (χ0v) is 12.0. The molecule has 0 unspecified atom stereocenters. The first kappa shape index (κ1) is 14.6. The maximum atomic E-state index is 13.0. The molecule has 0 aliphatic heterocycles. The molecular weight excluding hydrogens is 330 g/mol. The summed E-state index contributed by atoms with van der Waals surface area (Å²) in [5, 5.41) is 2.70. The Morgan fingerprint density at radius 2 is 2.05 bits per heavy atom. The van der Waals surface area contributed by atoms with Crippen LogP contribution < -0.4 is 5.32 Å². The Bertz CT molecular complexity index is 634. The smallest absolute Gasteiger partial charge is 0.254 e. The third-order valence-corrected chi connectivity index (χ3v) is 3.32. The lowest BCUT2D eigenvalue weighted by atomic mass is 10.1. The van der Waals surface area contributed by atoms with Crippen LogP contribution >= 0.6 is 15.9 Å². The highest BCUT2D eigenvalue weighted by molar-refractivity contribution is 9.10. The molecule has 2 aromatic rings. The van der Waals surface area contributed by atoms with Gasteiger partial charge in [-0.3, -0.25) is 4.79 Å². The Labute approximate surface area is 123 Å². The Morgan fingerprint density at radius 3 is 2.75 bits per heavy atom. The highest BCUT2D eigenvalue weighted by atomic mass is 79.9. The first-order chi connectivity index (χ1) is 9.58. The minimum absolute atomic E-state index is 0.271. The highest BCUT2D eigenvalue weighted by Crippen LogP contribution is 2.12. The van der Waals surface area contributed by atoms with E-state index in [9.17, 15) is 13.6 Å². The molecule has 0 saturated heterocycles. The topological polar surface area (TPSA) is 42.0 Å². The summed E-state index contributed by atoms with van der Waals surface area (Å²) in [6, 6.07) is 7.00. The zero-order chi connectivity index (χ0) is 14.5. The summed E-state index contributed by atoms with van der Waals surface area (Å²) < 4.78 is 26.2. The lowest BCUT2D eigenvalue weighted by Gasteiger charge is -2.06. The van der Waals surface area contributed by atoms with Gasteiger partial charge in [-0.15, -0.1) is 0 Å². The second-order valence-electron chi connectivity index (χ2n) is 4.10. The third kappa shape index (κ3) is 3.60. The van der Waals surface area contributed by atoms with Crippen molar-refractivity contribution in [3.05, 3.63) is 63.9 Å². The van der Waals surface area contributed by atoms with Gasteiger partial charge < -0.3 is 5.32 Å². The first-order valence-corrected chi connectivity index (χ1v) is 6.70. The zero-order valence-electron chi connectivity index (χ0n) is 10.4. The van der Waals surface area contributed by atoms with Gasteiger partial charge in [0.2, 0.25) is 0 Å². The number of rotatable bonds is 4. The summed E-state index contributed by atoms with van der Waals surface area (Å²) in [5.41, 5.74) is 1.05. The van der Waals surface area contributed by atoms with E-state index in [1.807, 2.05) is 0 Å². The van der Waals surface area contributed by atoms with E-state index >= 15 is 0 Å². The van der Waals surface area contributed by atoms with Gasteiger partial charge >= 0.3 is 0 Å². The van der Waals surface area contributed by atoms with E-state index in [1.54, 1.807) is 18.3 Å². The summed E-state index contributed by atoms with van der Waals surface area (Å²) in [5.74, 6) is -2.03. The molecule has 3 nitrogen and oxygen atoms in total. The van der Waals surface area contributed by atoms with Gasteiger partial charge in [0.1, 0.15) is 4.60 Å². The number of hydrogen-bond acceptors (Lipinski definition) is 2. The van der Waals surface area contributed by atoms with Crippen LogP contribution in [0.4, 0.5) is 8.78 Å². The van der Waals surface area contributed by atoms with E-state index in [2.05, 4.69) is 26.2 Å². The van der Waals surface area contributed by atoms with Gasteiger partial charge in [-0.2, -0.15) is 0 Å². The number of carbonyl (C=O) groups is 1. The number of hydrogen-bond donors (Lipinski definition) is 1. The van der Waals surface area contributed by atoms with Crippen molar-refractivity contribution in [3.8, 4) is 0 Å². The number of aromatic nitrogens is 1. The number of carbonyl (C=O) groups excluding carboxylic acids is 1. The van der Waals surface area contributed by atoms with Gasteiger partial charge in [0, 0.05) is 12.7 Å². The fourth-order valence-electron chi connectivity index (χ4n) is 1.67. The van der Waals surface area contributed by atoms with Crippen molar-refractivity contribution in [2.45, 2.75) is 6.42 Å². The lowest BCUT2D eigenvalue weighted by Crippen LogP contribution is -2.26. The molecule has 0 fully saturated rings. The Hall–Kier alpha value is -1.82. The van der Waals surface area contributed by atoms with Crippen LogP contribution in [0.15, 0.2) is 41.1 Å². The second-order valence-corrected chi connectivity index (χ2v) is 4.85. The van der Waals surface area contributed by atoms with Gasteiger partial charge in [-0.05, 0) is 52.2 Å². The molecule has 6 heteroatoms. The van der Waals surface area contributed by atoms with Gasteiger partial charge in [-0.1, -0.05) is 6.07 Å². The van der Waals surface area contributed by atoms with E-state index in [4.69, 9.17) is 0 Å². The largest absolute Gasteiger partial charge is 0.352 e. The van der Waals surface area contributed by atoms with Crippen molar-refractivity contribution in [1.82, 2.24) is 10.3 Å².